The molecule has 0 radical (unpaired) electrons. The Morgan fingerprint density at radius 2 is 1.45 bits per heavy atom. The van der Waals surface area contributed by atoms with E-state index in [1.165, 1.54) is 13.0 Å². The number of allylic oxidation sites excluding steroid dienone is 7. The first kappa shape index (κ1) is 45.9. The molecule has 2 unspecified atom stereocenters. The summed E-state index contributed by atoms with van der Waals surface area (Å²) >= 11 is 0. The van der Waals surface area contributed by atoms with Gasteiger partial charge in [0.2, 0.25) is 0 Å². The maximum atomic E-state index is 12.7. The third-order valence-corrected chi connectivity index (χ3v) is 5.28. The Morgan fingerprint density at radius 1 is 0.947 bits per heavy atom. The van der Waals surface area contributed by atoms with Gasteiger partial charge in [0.05, 0.1) is 5.92 Å². The molecule has 0 heterocycles. The molecular weight excluding hydrogens is 481 g/mol. The van der Waals surface area contributed by atoms with Gasteiger partial charge in [-0.05, 0) is 63.5 Å². The second kappa shape index (κ2) is 31.2. The molecule has 2 nitrogen and oxygen atoms in total. The van der Waals surface area contributed by atoms with E-state index >= 15 is 0 Å². The monoisotopic (exact) mass is 544 g/mol. The van der Waals surface area contributed by atoms with Crippen LogP contribution in [0.2, 0.25) is 0 Å². The van der Waals surface area contributed by atoms with Gasteiger partial charge in [-0.3, -0.25) is 0 Å². The van der Waals surface area contributed by atoms with Gasteiger partial charge in [0.25, 0.3) is 0 Å². The number of alkyl halides is 3. The van der Waals surface area contributed by atoms with Gasteiger partial charge in [-0.15, -0.1) is 0 Å². The van der Waals surface area contributed by atoms with Crippen LogP contribution in [0.15, 0.2) is 72.0 Å². The zero-order valence-corrected chi connectivity index (χ0v) is 26.8. The first-order chi connectivity index (χ1) is 17.9. The van der Waals surface area contributed by atoms with Crippen LogP contribution in [-0.4, -0.2) is 12.2 Å². The lowest BCUT2D eigenvalue weighted by Crippen LogP contribution is -2.23. The van der Waals surface area contributed by atoms with Gasteiger partial charge in [0, 0.05) is 11.7 Å². The van der Waals surface area contributed by atoms with Gasteiger partial charge in [-0.25, -0.2) is 0 Å². The Bertz CT molecular complexity index is 668. The van der Waals surface area contributed by atoms with Gasteiger partial charge in [-0.2, -0.15) is 13.2 Å². The molecule has 0 aliphatic rings. The van der Waals surface area contributed by atoms with Gasteiger partial charge in [0.15, 0.2) is 0 Å². The van der Waals surface area contributed by atoms with Crippen LogP contribution in [0.25, 0.3) is 0 Å². The van der Waals surface area contributed by atoms with Crippen LogP contribution < -0.4 is 11.5 Å². The first-order valence-electron chi connectivity index (χ1n) is 14.5. The van der Waals surface area contributed by atoms with Gasteiger partial charge < -0.3 is 11.5 Å². The van der Waals surface area contributed by atoms with E-state index in [2.05, 4.69) is 26.7 Å². The van der Waals surface area contributed by atoms with Crippen molar-refractivity contribution in [1.82, 2.24) is 0 Å². The third kappa shape index (κ3) is 25.6. The highest BCUT2D eigenvalue weighted by Crippen LogP contribution is 2.35. The van der Waals surface area contributed by atoms with Gasteiger partial charge in [-0.1, -0.05) is 124 Å². The molecule has 2 atom stereocenters. The van der Waals surface area contributed by atoms with E-state index in [1.54, 1.807) is 6.08 Å². The van der Waals surface area contributed by atoms with Crippen molar-refractivity contribution in [2.24, 2.45) is 17.4 Å². The van der Waals surface area contributed by atoms with E-state index in [9.17, 15) is 13.2 Å². The number of nitrogens with two attached hydrogens (primary N) is 2. The number of hydrogen-bond acceptors (Lipinski definition) is 2. The summed E-state index contributed by atoms with van der Waals surface area (Å²) in [4.78, 5) is 0. The number of hydrogen-bond donors (Lipinski definition) is 2. The summed E-state index contributed by atoms with van der Waals surface area (Å²) in [6, 6.07) is 0.136. The molecule has 0 aliphatic heterocycles. The van der Waals surface area contributed by atoms with Crippen LogP contribution in [0.3, 0.4) is 0 Å². The minimum Gasteiger partial charge on any atom is -0.399 e. The summed E-state index contributed by atoms with van der Waals surface area (Å²) in [5, 5.41) is 0. The zero-order chi connectivity index (χ0) is 31.3. The van der Waals surface area contributed by atoms with Crippen molar-refractivity contribution in [2.45, 2.75) is 133 Å². The molecule has 0 aromatic heterocycles. The molecule has 0 aliphatic carbocycles. The number of halogens is 3. The van der Waals surface area contributed by atoms with Crippen molar-refractivity contribution < 1.29 is 13.2 Å². The SMILES string of the molecule is C=C(CCCCC(N)C(=C)C)C(N)=CCC.C=C/C(=C\C(=C/C)CC)C(CC)C(F)(F)F.CC.CC.CC. The Labute approximate surface area is 235 Å². The summed E-state index contributed by atoms with van der Waals surface area (Å²) in [6.07, 6.45) is 8.44. The molecule has 0 aromatic carbocycles. The lowest BCUT2D eigenvalue weighted by Gasteiger charge is -2.20. The summed E-state index contributed by atoms with van der Waals surface area (Å²) in [5.74, 6) is -1.41. The molecule has 0 amide bonds. The maximum absolute atomic E-state index is 12.7. The van der Waals surface area contributed by atoms with Crippen LogP contribution in [0.1, 0.15) is 121 Å². The smallest absolute Gasteiger partial charge is 0.395 e. The molecule has 0 saturated heterocycles. The Morgan fingerprint density at radius 3 is 1.76 bits per heavy atom. The van der Waals surface area contributed by atoms with Crippen molar-refractivity contribution in [3.8, 4) is 0 Å². The summed E-state index contributed by atoms with van der Waals surface area (Å²) in [6.45, 7) is 32.6. The van der Waals surface area contributed by atoms with Gasteiger partial charge in [0.1, 0.15) is 0 Å². The Kier molecular flexibility index (Phi) is 37.7. The van der Waals surface area contributed by atoms with E-state index in [-0.39, 0.29) is 18.0 Å². The highest BCUT2D eigenvalue weighted by atomic mass is 19.4. The average molecular weight is 545 g/mol. The molecule has 0 bridgehead atoms. The fourth-order valence-corrected chi connectivity index (χ4v) is 3.02. The van der Waals surface area contributed by atoms with E-state index in [4.69, 9.17) is 11.5 Å². The standard InChI is InChI=1S/C14H26N2.C13H19F3.3C2H6/c1-5-8-14(16)12(4)9-6-7-10-13(15)11(2)3;1-5-10(6-2)9-11(7-3)12(8-4)13(14,15)16;3*1-2/h8,13H,2,4-7,9-10,15-16H2,1,3H3;5,7,9,12H,3,6,8H2,1-2,4H3;3*1-2H3/b;10-5-,11-9+;;;. The number of unbranched alkanes of at least 4 members (excludes halogenated alkanes) is 1. The lowest BCUT2D eigenvalue weighted by atomic mass is 9.93. The minimum atomic E-state index is -4.19. The molecule has 0 fully saturated rings. The molecule has 226 valence electrons. The molecule has 5 heteroatoms. The van der Waals surface area contributed by atoms with Gasteiger partial charge >= 0.3 is 6.18 Å². The fraction of sp³-hybridized carbons (Fsp3) is 0.636. The van der Waals surface area contributed by atoms with Crippen LogP contribution in [0.5, 0.6) is 0 Å². The summed E-state index contributed by atoms with van der Waals surface area (Å²) < 4.78 is 38.1. The lowest BCUT2D eigenvalue weighted by molar-refractivity contribution is -0.163. The first-order valence-corrected chi connectivity index (χ1v) is 14.5. The van der Waals surface area contributed by atoms with E-state index < -0.39 is 12.1 Å². The van der Waals surface area contributed by atoms with Crippen LogP contribution in [0, 0.1) is 5.92 Å². The van der Waals surface area contributed by atoms with Crippen molar-refractivity contribution in [3.05, 3.63) is 72.0 Å². The molecule has 0 aromatic rings. The molecule has 4 N–H and O–H groups in total. The molecule has 38 heavy (non-hydrogen) atoms. The second-order valence-corrected chi connectivity index (χ2v) is 7.94. The largest absolute Gasteiger partial charge is 0.399 e. The topological polar surface area (TPSA) is 52.0 Å². The van der Waals surface area contributed by atoms with Crippen molar-refractivity contribution >= 4 is 0 Å². The fourth-order valence-electron chi connectivity index (χ4n) is 3.02. The third-order valence-electron chi connectivity index (χ3n) is 5.28. The molecule has 0 spiro atoms. The highest BCUT2D eigenvalue weighted by molar-refractivity contribution is 5.31. The highest BCUT2D eigenvalue weighted by Gasteiger charge is 2.39. The molecule has 0 saturated carbocycles. The zero-order valence-electron chi connectivity index (χ0n) is 26.8. The van der Waals surface area contributed by atoms with Crippen molar-refractivity contribution in [3.63, 3.8) is 0 Å². The van der Waals surface area contributed by atoms with Crippen LogP contribution in [0.4, 0.5) is 13.2 Å². The predicted molar refractivity (Wildman–Crippen MR) is 169 cm³/mol. The maximum Gasteiger partial charge on any atom is 0.395 e. The average Bonchev–Trinajstić information content (AvgIpc) is 2.91. The number of rotatable bonds is 13. The predicted octanol–water partition coefficient (Wildman–Crippen LogP) is 11.4. The second-order valence-electron chi connectivity index (χ2n) is 7.94. The summed E-state index contributed by atoms with van der Waals surface area (Å²) in [5.41, 5.74) is 15.8. The summed E-state index contributed by atoms with van der Waals surface area (Å²) in [7, 11) is 0. The minimum absolute atomic E-state index is 0.0437. The van der Waals surface area contributed by atoms with E-state index in [1.807, 2.05) is 74.5 Å². The van der Waals surface area contributed by atoms with E-state index in [0.717, 1.165) is 60.9 Å². The van der Waals surface area contributed by atoms with Crippen molar-refractivity contribution in [2.75, 3.05) is 0 Å². The van der Waals surface area contributed by atoms with Crippen LogP contribution >= 0.6 is 0 Å². The molecular formula is C33H63F3N2. The normalized spacial score (nSPS) is 13.0. The Hall–Kier alpha value is -2.01. The Balaban J connectivity index is -0.000000159. The van der Waals surface area contributed by atoms with Crippen LogP contribution in [-0.2, 0) is 0 Å². The van der Waals surface area contributed by atoms with Crippen molar-refractivity contribution in [1.29, 1.82) is 0 Å². The van der Waals surface area contributed by atoms with E-state index in [0.29, 0.717) is 0 Å². The quantitative estimate of drug-likeness (QED) is 0.138. The molecule has 0 rings (SSSR count).